The first kappa shape index (κ1) is 22.3. The van der Waals surface area contributed by atoms with Gasteiger partial charge in [0, 0.05) is 44.5 Å². The van der Waals surface area contributed by atoms with Gasteiger partial charge in [0.1, 0.15) is 0 Å². The Bertz CT molecular complexity index is 1090. The van der Waals surface area contributed by atoms with E-state index in [4.69, 9.17) is 26.5 Å². The van der Waals surface area contributed by atoms with Crippen molar-refractivity contribution in [3.63, 3.8) is 0 Å². The van der Waals surface area contributed by atoms with Crippen LogP contribution in [-0.2, 0) is 19.6 Å². The molecular weight excluding hydrogens is 446 g/mol. The van der Waals surface area contributed by atoms with Gasteiger partial charge in [-0.2, -0.15) is 4.94 Å². The Morgan fingerprint density at radius 3 is 2.55 bits per heavy atom. The van der Waals surface area contributed by atoms with E-state index in [0.29, 0.717) is 43.9 Å². The Balaban J connectivity index is 1.40. The lowest BCUT2D eigenvalue weighted by molar-refractivity contribution is -0.339. The zero-order chi connectivity index (χ0) is 22.2. The number of piperidine rings is 1. The van der Waals surface area contributed by atoms with Gasteiger partial charge in [-0.15, -0.1) is 5.06 Å². The van der Waals surface area contributed by atoms with Gasteiger partial charge in [-0.25, -0.2) is 18.0 Å². The first-order valence-electron chi connectivity index (χ1n) is 9.97. The number of nitrogens with zero attached hydrogens (tertiary/aromatic N) is 3. The molecule has 9 nitrogen and oxygen atoms in total. The molecule has 2 aliphatic heterocycles. The van der Waals surface area contributed by atoms with Crippen LogP contribution < -0.4 is 0 Å². The van der Waals surface area contributed by atoms with E-state index in [2.05, 4.69) is 0 Å². The maximum Gasteiger partial charge on any atom is 0.407 e. The molecule has 0 atom stereocenters. The summed E-state index contributed by atoms with van der Waals surface area (Å²) in [6.45, 7) is 0.977. The summed E-state index contributed by atoms with van der Waals surface area (Å²) in [4.78, 5) is 24.2. The lowest BCUT2D eigenvalue weighted by Crippen LogP contribution is -2.54. The summed E-state index contributed by atoms with van der Waals surface area (Å²) >= 11 is 5.99. The van der Waals surface area contributed by atoms with Crippen LogP contribution in [0.25, 0.3) is 10.8 Å². The largest absolute Gasteiger partial charge is 0.465 e. The average molecular weight is 470 g/mol. The van der Waals surface area contributed by atoms with Crippen molar-refractivity contribution in [2.75, 3.05) is 32.4 Å². The van der Waals surface area contributed by atoms with E-state index in [9.17, 15) is 13.2 Å². The molecule has 2 fully saturated rings. The molecule has 0 saturated carbocycles. The normalized spacial score (nSPS) is 20.0. The fourth-order valence-corrected chi connectivity index (χ4v) is 5.56. The number of amides is 1. The molecule has 0 radical (unpaired) electrons. The molecule has 1 N–H and O–H groups in total. The summed E-state index contributed by atoms with van der Waals surface area (Å²) in [5, 5.41) is 14.3. The molecule has 0 bridgehead atoms. The monoisotopic (exact) mass is 469 g/mol. The molecule has 11 heteroatoms. The van der Waals surface area contributed by atoms with Crippen LogP contribution in [0.1, 0.15) is 19.3 Å². The number of hydrogen-bond acceptors (Lipinski definition) is 7. The predicted octanol–water partition coefficient (Wildman–Crippen LogP) is 3.15. The van der Waals surface area contributed by atoms with E-state index in [-0.39, 0.29) is 10.6 Å². The number of fused-ring (bicyclic) bond motifs is 1. The van der Waals surface area contributed by atoms with Crippen molar-refractivity contribution in [2.45, 2.75) is 29.9 Å². The van der Waals surface area contributed by atoms with Crippen molar-refractivity contribution in [3.8, 4) is 0 Å². The highest BCUT2D eigenvalue weighted by molar-refractivity contribution is 7.91. The third-order valence-corrected chi connectivity index (χ3v) is 7.72. The zero-order valence-corrected chi connectivity index (χ0v) is 18.6. The SMILES string of the molecule is CN1ON(CCCS(=O)(=O)c2ccc3cc(Cl)ccc3c2)C2(CCN(C(=O)O)CC2)O1. The number of hydroxylamine groups is 4. The van der Waals surface area contributed by atoms with Gasteiger partial charge < -0.3 is 10.0 Å². The van der Waals surface area contributed by atoms with Gasteiger partial charge in [0.05, 0.1) is 10.6 Å². The molecule has 2 aromatic carbocycles. The van der Waals surface area contributed by atoms with Crippen molar-refractivity contribution in [2.24, 2.45) is 0 Å². The predicted molar refractivity (Wildman–Crippen MR) is 114 cm³/mol. The minimum Gasteiger partial charge on any atom is -0.465 e. The summed E-state index contributed by atoms with van der Waals surface area (Å²) < 4.78 is 25.7. The summed E-state index contributed by atoms with van der Waals surface area (Å²) in [5.74, 6) is -0.0486. The second-order valence-electron chi connectivity index (χ2n) is 7.76. The lowest BCUT2D eigenvalue weighted by atomic mass is 10.00. The van der Waals surface area contributed by atoms with E-state index >= 15 is 0 Å². The van der Waals surface area contributed by atoms with E-state index in [1.807, 2.05) is 0 Å². The second kappa shape index (κ2) is 8.53. The van der Waals surface area contributed by atoms with Crippen LogP contribution in [0.3, 0.4) is 0 Å². The lowest BCUT2D eigenvalue weighted by Gasteiger charge is -2.39. The highest BCUT2D eigenvalue weighted by atomic mass is 35.5. The fraction of sp³-hybridized carbons (Fsp3) is 0.450. The summed E-state index contributed by atoms with van der Waals surface area (Å²) in [5.41, 5.74) is -0.785. The minimum absolute atomic E-state index is 0.0486. The van der Waals surface area contributed by atoms with Crippen LogP contribution in [0.4, 0.5) is 4.79 Å². The van der Waals surface area contributed by atoms with Crippen LogP contribution in [0.5, 0.6) is 0 Å². The molecule has 1 amide bonds. The number of benzene rings is 2. The number of carbonyl (C=O) groups is 1. The van der Waals surface area contributed by atoms with Gasteiger partial charge in [-0.1, -0.05) is 23.7 Å². The third kappa shape index (κ3) is 4.64. The topological polar surface area (TPSA) is 99.6 Å². The molecule has 0 unspecified atom stereocenters. The van der Waals surface area contributed by atoms with Crippen molar-refractivity contribution >= 4 is 38.3 Å². The summed E-state index contributed by atoms with van der Waals surface area (Å²) in [7, 11) is -1.87. The number of hydrogen-bond donors (Lipinski definition) is 1. The molecule has 31 heavy (non-hydrogen) atoms. The Kier molecular flexibility index (Phi) is 6.12. The number of likely N-dealkylation sites (tertiary alicyclic amines) is 1. The van der Waals surface area contributed by atoms with E-state index in [0.717, 1.165) is 10.8 Å². The molecule has 1 spiro atoms. The highest BCUT2D eigenvalue weighted by Crippen LogP contribution is 2.36. The Morgan fingerprint density at radius 2 is 1.84 bits per heavy atom. The zero-order valence-electron chi connectivity index (χ0n) is 17.0. The Morgan fingerprint density at radius 1 is 1.16 bits per heavy atom. The molecule has 2 heterocycles. The number of rotatable bonds is 5. The van der Waals surface area contributed by atoms with E-state index in [1.165, 1.54) is 10.1 Å². The Hall–Kier alpha value is -1.95. The van der Waals surface area contributed by atoms with Gasteiger partial charge in [0.25, 0.3) is 0 Å². The molecule has 2 aromatic rings. The number of carboxylic acid groups (broad SMARTS) is 1. The molecule has 0 aliphatic carbocycles. The first-order valence-corrected chi connectivity index (χ1v) is 12.0. The maximum absolute atomic E-state index is 12.9. The average Bonchev–Trinajstić information content (AvgIpc) is 3.02. The molecule has 2 saturated heterocycles. The standard InChI is InChI=1S/C20H24ClN3O6S/c1-22-29-20(7-10-23(11-8-20)19(25)26)24(30-22)9-2-12-31(27,28)18-6-4-15-13-17(21)5-3-16(15)14-18/h3-6,13-14H,2,7-12H2,1H3,(H,25,26). The molecule has 2 aliphatic rings. The second-order valence-corrected chi connectivity index (χ2v) is 10.3. The van der Waals surface area contributed by atoms with Gasteiger partial charge in [0.2, 0.25) is 0 Å². The first-order chi connectivity index (χ1) is 14.7. The molecule has 0 aromatic heterocycles. The van der Waals surface area contributed by atoms with E-state index in [1.54, 1.807) is 48.5 Å². The van der Waals surface area contributed by atoms with Crippen molar-refractivity contribution in [1.82, 2.24) is 15.2 Å². The van der Waals surface area contributed by atoms with Crippen LogP contribution in [0.15, 0.2) is 41.3 Å². The molecule has 168 valence electrons. The summed E-state index contributed by atoms with van der Waals surface area (Å²) in [6.07, 6.45) is 0.243. The molecular formula is C20H24ClN3O6S. The van der Waals surface area contributed by atoms with Gasteiger partial charge in [-0.3, -0.25) is 0 Å². The van der Waals surface area contributed by atoms with Crippen LogP contribution in [0, 0.1) is 0 Å². The molecule has 4 rings (SSSR count). The quantitative estimate of drug-likeness (QED) is 0.712. The van der Waals surface area contributed by atoms with Crippen molar-refractivity contribution < 1.29 is 28.1 Å². The van der Waals surface area contributed by atoms with E-state index < -0.39 is 21.7 Å². The number of halogens is 1. The van der Waals surface area contributed by atoms with Gasteiger partial charge in [0.15, 0.2) is 15.6 Å². The Labute approximate surface area is 185 Å². The third-order valence-electron chi connectivity index (χ3n) is 5.69. The van der Waals surface area contributed by atoms with Gasteiger partial charge >= 0.3 is 6.09 Å². The minimum atomic E-state index is -3.48. The number of sulfone groups is 1. The fourth-order valence-electron chi connectivity index (χ4n) is 4.05. The summed E-state index contributed by atoms with van der Waals surface area (Å²) in [6, 6.07) is 10.3. The van der Waals surface area contributed by atoms with Crippen molar-refractivity contribution in [3.05, 3.63) is 41.4 Å². The highest BCUT2D eigenvalue weighted by Gasteiger charge is 2.49. The van der Waals surface area contributed by atoms with Crippen LogP contribution in [0.2, 0.25) is 5.02 Å². The van der Waals surface area contributed by atoms with Gasteiger partial charge in [-0.05, 0) is 46.7 Å². The van der Waals surface area contributed by atoms with Crippen LogP contribution >= 0.6 is 11.6 Å². The maximum atomic E-state index is 12.9. The smallest absolute Gasteiger partial charge is 0.407 e. The van der Waals surface area contributed by atoms with Crippen molar-refractivity contribution in [1.29, 1.82) is 0 Å². The van der Waals surface area contributed by atoms with Crippen LogP contribution in [-0.4, -0.2) is 73.0 Å².